The molecule has 6 aromatic heterocycles. The minimum Gasteiger partial charge on any atom is -0.497 e. The van der Waals surface area contributed by atoms with Gasteiger partial charge in [-0.2, -0.15) is 37.6 Å². The van der Waals surface area contributed by atoms with E-state index in [-0.39, 0.29) is 11.1 Å². The molecule has 2 aliphatic rings. The monoisotopic (exact) mass is 1080 g/mol. The Morgan fingerprint density at radius 2 is 0.803 bits per heavy atom. The zero-order chi connectivity index (χ0) is 48.7. The molecule has 0 unspecified atom stereocenters. The van der Waals surface area contributed by atoms with Crippen LogP contribution in [0.15, 0.2) is 141 Å². The van der Waals surface area contributed by atoms with E-state index in [1.54, 1.807) is 41.9 Å². The summed E-state index contributed by atoms with van der Waals surface area (Å²) < 4.78 is 23.3. The van der Waals surface area contributed by atoms with Gasteiger partial charge in [-0.3, -0.25) is 0 Å². The molecule has 0 bridgehead atoms. The van der Waals surface area contributed by atoms with Crippen molar-refractivity contribution < 1.29 is 24.5 Å². The lowest BCUT2D eigenvalue weighted by Gasteiger charge is -2.26. The predicted octanol–water partition coefficient (Wildman–Crippen LogP) is 16.4. The van der Waals surface area contributed by atoms with Gasteiger partial charge in [-0.05, 0) is 121 Å². The maximum absolute atomic E-state index is 11.9. The summed E-state index contributed by atoms with van der Waals surface area (Å²) in [4.78, 5) is 41.5. The maximum atomic E-state index is 11.9. The van der Waals surface area contributed by atoms with Gasteiger partial charge in [0.05, 0.1) is 61.2 Å². The molecule has 2 N–H and O–H groups in total. The van der Waals surface area contributed by atoms with Gasteiger partial charge in [-0.15, -0.1) is 45.3 Å². The van der Waals surface area contributed by atoms with Crippen LogP contribution >= 0.6 is 88.9 Å². The summed E-state index contributed by atoms with van der Waals surface area (Å²) in [6, 6.07) is 42.3. The molecular weight excluding hydrogens is 1040 g/mol. The number of carboxylic acids is 2. The Kier molecular flexibility index (Phi) is 10.3. The summed E-state index contributed by atoms with van der Waals surface area (Å²) in [5.41, 5.74) is 9.75. The molecule has 352 valence electrons. The second kappa shape index (κ2) is 16.4. The van der Waals surface area contributed by atoms with E-state index in [2.05, 4.69) is 132 Å². The number of ether oxygens (including phenoxy) is 1. The van der Waals surface area contributed by atoms with Gasteiger partial charge in [0.25, 0.3) is 0 Å². The molecule has 0 saturated heterocycles. The summed E-state index contributed by atoms with van der Waals surface area (Å²) in [6.07, 6.45) is 9.47. The molecule has 5 aromatic carbocycles. The molecule has 0 saturated carbocycles. The van der Waals surface area contributed by atoms with Crippen LogP contribution in [0.4, 0.5) is 17.1 Å². The number of anilines is 3. The average Bonchev–Trinajstić information content (AvgIpc) is 4.24. The van der Waals surface area contributed by atoms with Gasteiger partial charge in [-0.1, -0.05) is 36.4 Å². The number of fused-ring (bicyclic) bond motifs is 8. The van der Waals surface area contributed by atoms with Crippen LogP contribution in [0.5, 0.6) is 5.75 Å². The Balaban J connectivity index is 0.805. The minimum absolute atomic E-state index is 0.174. The fourth-order valence-electron chi connectivity index (χ4n) is 9.64. The van der Waals surface area contributed by atoms with Crippen molar-refractivity contribution in [3.8, 4) is 67.0 Å². The van der Waals surface area contributed by atoms with Crippen LogP contribution in [0.2, 0.25) is 0 Å². The van der Waals surface area contributed by atoms with E-state index in [9.17, 15) is 19.8 Å². The van der Waals surface area contributed by atoms with Crippen LogP contribution in [-0.4, -0.2) is 71.8 Å². The summed E-state index contributed by atoms with van der Waals surface area (Å²) in [6.45, 7) is 0. The SMILES string of the molecule is COc1ccc(N(c2ccc(-c3cc4c(s3)-c3sc(-c5ccc(C(=O)O)c6nsnc56)cc3S4(C)C)cc2)c2ccc(-c3cc4c(s3)-c3sc(-c5ccc(C(=O)O)c6nsnc56)cc3S4(C)C)cc2)cc1. The Morgan fingerprint density at radius 3 is 1.17 bits per heavy atom. The van der Waals surface area contributed by atoms with Crippen molar-refractivity contribution in [2.24, 2.45) is 0 Å². The first-order chi connectivity index (χ1) is 34.3. The lowest BCUT2D eigenvalue weighted by Crippen LogP contribution is -2.09. The highest BCUT2D eigenvalue weighted by Crippen LogP contribution is 2.73. The second-order valence-electron chi connectivity index (χ2n) is 17.9. The van der Waals surface area contributed by atoms with Gasteiger partial charge < -0.3 is 19.8 Å². The second-order valence-corrected chi connectivity index (χ2v) is 30.2. The number of hydrogen-bond acceptors (Lipinski definition) is 14. The lowest BCUT2D eigenvalue weighted by molar-refractivity contribution is 0.0688. The van der Waals surface area contributed by atoms with Crippen molar-refractivity contribution in [3.63, 3.8) is 0 Å². The largest absolute Gasteiger partial charge is 0.497 e. The van der Waals surface area contributed by atoms with Crippen molar-refractivity contribution in [2.75, 3.05) is 37.0 Å². The summed E-state index contributed by atoms with van der Waals surface area (Å²) >= 11 is 9.29. The van der Waals surface area contributed by atoms with Crippen LogP contribution in [0.1, 0.15) is 20.7 Å². The number of methoxy groups -OCH3 is 1. The normalized spacial score (nSPS) is 14.8. The van der Waals surface area contributed by atoms with E-state index in [1.165, 1.54) is 48.8 Å². The molecule has 0 aliphatic carbocycles. The highest BCUT2D eigenvalue weighted by molar-refractivity contribution is 8.33. The number of aromatic carboxylic acids is 2. The Morgan fingerprint density at radius 1 is 0.465 bits per heavy atom. The number of hydrogen-bond donors (Lipinski definition) is 2. The van der Waals surface area contributed by atoms with Crippen molar-refractivity contribution in [3.05, 3.63) is 132 Å². The molecule has 8 heterocycles. The molecule has 0 spiro atoms. The molecule has 0 radical (unpaired) electrons. The van der Waals surface area contributed by atoms with Gasteiger partial charge in [0.15, 0.2) is 0 Å². The van der Waals surface area contributed by atoms with Crippen LogP contribution < -0.4 is 9.64 Å². The molecule has 10 nitrogen and oxygen atoms in total. The first kappa shape index (κ1) is 44.7. The molecule has 2 aliphatic heterocycles. The predicted molar refractivity (Wildman–Crippen MR) is 300 cm³/mol. The molecule has 13 rings (SSSR count). The van der Waals surface area contributed by atoms with E-state index in [1.807, 2.05) is 46.9 Å². The van der Waals surface area contributed by atoms with E-state index in [0.29, 0.717) is 22.1 Å². The first-order valence-corrected chi connectivity index (χ1v) is 31.6. The number of thiophene rings is 4. The molecule has 0 atom stereocenters. The third kappa shape index (κ3) is 6.90. The van der Waals surface area contributed by atoms with Crippen LogP contribution in [0.25, 0.3) is 83.3 Å². The fraction of sp³-hybridized carbons (Fsp3) is 0.0943. The van der Waals surface area contributed by atoms with Gasteiger partial charge in [-0.25, -0.2) is 9.59 Å². The van der Waals surface area contributed by atoms with Crippen molar-refractivity contribution in [1.82, 2.24) is 17.5 Å². The molecule has 0 amide bonds. The highest BCUT2D eigenvalue weighted by Gasteiger charge is 2.38. The fourth-order valence-corrected chi connectivity index (χ4v) is 23.3. The maximum Gasteiger partial charge on any atom is 0.338 e. The van der Waals surface area contributed by atoms with Crippen LogP contribution in [-0.2, 0) is 0 Å². The van der Waals surface area contributed by atoms with Crippen molar-refractivity contribution in [2.45, 2.75) is 19.6 Å². The van der Waals surface area contributed by atoms with Gasteiger partial charge in [0.1, 0.15) is 27.8 Å². The molecule has 11 aromatic rings. The molecule has 18 heteroatoms. The number of carbonyl (C=O) groups is 2. The first-order valence-electron chi connectivity index (χ1n) is 21.9. The van der Waals surface area contributed by atoms with Gasteiger partial charge in [0, 0.05) is 67.3 Å². The zero-order valence-electron chi connectivity index (χ0n) is 38.2. The third-order valence-electron chi connectivity index (χ3n) is 13.4. The quantitative estimate of drug-likeness (QED) is 0.136. The number of rotatable bonds is 10. The molecule has 0 fully saturated rings. The summed E-state index contributed by atoms with van der Waals surface area (Å²) in [5, 5.41) is 19.5. The standard InChI is InChI=1S/C53H37N5O5S8/c1-63-31-16-14-30(15-17-31)58(28-10-6-26(7-11-28)36-22-40-48(64-36)50-42(70(40,2)3)24-38(66-50)32-18-20-34(52(59)60)46-44(32)54-68-56-46)29-12-8-27(9-13-29)37-23-41-49(65-37)51-43(71(41,4)5)25-39(67-51)33-19-21-35(53(61)62)47-45(33)55-69-57-47/h6-25H,1-5H3,(H,59,60)(H,61,62). The molecule has 71 heavy (non-hydrogen) atoms. The van der Waals surface area contributed by atoms with Crippen LogP contribution in [0, 0.1) is 0 Å². The number of aromatic nitrogens is 4. The zero-order valence-corrected chi connectivity index (χ0v) is 44.7. The van der Waals surface area contributed by atoms with E-state index < -0.39 is 32.0 Å². The van der Waals surface area contributed by atoms with Crippen molar-refractivity contribution in [1.29, 1.82) is 0 Å². The van der Waals surface area contributed by atoms with E-state index >= 15 is 0 Å². The van der Waals surface area contributed by atoms with E-state index in [0.717, 1.165) is 78.3 Å². The van der Waals surface area contributed by atoms with Gasteiger partial charge >= 0.3 is 11.9 Å². The third-order valence-corrected chi connectivity index (χ3v) is 25.7. The van der Waals surface area contributed by atoms with Crippen LogP contribution in [0.3, 0.4) is 0 Å². The smallest absolute Gasteiger partial charge is 0.338 e. The number of carboxylic acid groups (broad SMARTS) is 2. The highest BCUT2D eigenvalue weighted by atomic mass is 32.3. The Bertz CT molecular complexity index is 3770. The van der Waals surface area contributed by atoms with Gasteiger partial charge in [0.2, 0.25) is 0 Å². The number of benzene rings is 5. The lowest BCUT2D eigenvalue weighted by atomic mass is 10.1. The summed E-state index contributed by atoms with van der Waals surface area (Å²) in [7, 11) is -0.919. The number of nitrogens with zero attached hydrogens (tertiary/aromatic N) is 5. The van der Waals surface area contributed by atoms with E-state index in [4.69, 9.17) is 4.74 Å². The Hall–Kier alpha value is -6.22. The van der Waals surface area contributed by atoms with Crippen molar-refractivity contribution >= 4 is 140 Å². The Labute approximate surface area is 434 Å². The average molecular weight is 1080 g/mol. The topological polar surface area (TPSA) is 139 Å². The summed E-state index contributed by atoms with van der Waals surface area (Å²) in [5.74, 6) is -1.21. The molecular formula is C53H37N5O5S8. The minimum atomic E-state index is -1.30.